The Morgan fingerprint density at radius 1 is 1.20 bits per heavy atom. The van der Waals surface area contributed by atoms with Crippen LogP contribution in [0.3, 0.4) is 0 Å². The SMILES string of the molecule is Cc1nocc1C(=O)NC(C(=O)Nc1cc2c(cn1)C1(CCOCC1)C(=O)N2)C1CCC(C)CC1. The van der Waals surface area contributed by atoms with Crippen molar-refractivity contribution in [1.29, 1.82) is 0 Å². The smallest absolute Gasteiger partial charge is 0.257 e. The lowest BCUT2D eigenvalue weighted by molar-refractivity contribution is -0.124. The molecule has 0 aromatic carbocycles. The first-order valence-corrected chi connectivity index (χ1v) is 12.3. The Kier molecular flexibility index (Phi) is 6.31. The molecule has 10 heteroatoms. The summed E-state index contributed by atoms with van der Waals surface area (Å²) in [5.41, 5.74) is 1.67. The van der Waals surface area contributed by atoms with E-state index >= 15 is 0 Å². The Morgan fingerprint density at radius 2 is 1.94 bits per heavy atom. The molecule has 1 saturated heterocycles. The number of nitrogens with one attached hydrogen (secondary N) is 3. The first-order valence-electron chi connectivity index (χ1n) is 12.3. The molecule has 0 radical (unpaired) electrons. The zero-order valence-electron chi connectivity index (χ0n) is 20.1. The van der Waals surface area contributed by atoms with Crippen LogP contribution in [-0.2, 0) is 19.7 Å². The van der Waals surface area contributed by atoms with Gasteiger partial charge in [0.1, 0.15) is 23.7 Å². The van der Waals surface area contributed by atoms with E-state index in [4.69, 9.17) is 9.26 Å². The summed E-state index contributed by atoms with van der Waals surface area (Å²) in [4.78, 5) is 43.6. The van der Waals surface area contributed by atoms with Crippen molar-refractivity contribution in [2.24, 2.45) is 11.8 Å². The van der Waals surface area contributed by atoms with Crippen LogP contribution >= 0.6 is 0 Å². The van der Waals surface area contributed by atoms with E-state index in [1.54, 1.807) is 19.2 Å². The minimum atomic E-state index is -0.726. The molecule has 1 unspecified atom stereocenters. The third-order valence-corrected chi connectivity index (χ3v) is 7.80. The second kappa shape index (κ2) is 9.41. The van der Waals surface area contributed by atoms with E-state index in [9.17, 15) is 14.4 Å². The molecular formula is C25H31N5O5. The van der Waals surface area contributed by atoms with Gasteiger partial charge in [-0.05, 0) is 44.4 Å². The van der Waals surface area contributed by atoms with E-state index in [0.29, 0.717) is 54.7 Å². The zero-order chi connectivity index (χ0) is 24.6. The van der Waals surface area contributed by atoms with Crippen molar-refractivity contribution < 1.29 is 23.6 Å². The van der Waals surface area contributed by atoms with Crippen LogP contribution in [0.15, 0.2) is 23.0 Å². The lowest BCUT2D eigenvalue weighted by Crippen LogP contribution is -2.49. The van der Waals surface area contributed by atoms with Gasteiger partial charge in [-0.2, -0.15) is 0 Å². The third kappa shape index (κ3) is 4.42. The molecule has 1 saturated carbocycles. The first-order chi connectivity index (χ1) is 16.9. The molecule has 4 heterocycles. The minimum Gasteiger partial charge on any atom is -0.381 e. The summed E-state index contributed by atoms with van der Waals surface area (Å²) in [6.45, 7) is 4.94. The summed E-state index contributed by atoms with van der Waals surface area (Å²) in [7, 11) is 0. The highest BCUT2D eigenvalue weighted by molar-refractivity contribution is 6.07. The lowest BCUT2D eigenvalue weighted by Gasteiger charge is -2.32. The molecule has 10 nitrogen and oxygen atoms in total. The van der Waals surface area contributed by atoms with Crippen LogP contribution in [0.1, 0.15) is 67.1 Å². The predicted octanol–water partition coefficient (Wildman–Crippen LogP) is 2.94. The number of carbonyl (C=O) groups is 3. The van der Waals surface area contributed by atoms with E-state index in [1.807, 2.05) is 0 Å². The molecule has 3 aliphatic rings. The number of amides is 3. The molecular weight excluding hydrogens is 450 g/mol. The van der Waals surface area contributed by atoms with Crippen molar-refractivity contribution in [1.82, 2.24) is 15.5 Å². The maximum absolute atomic E-state index is 13.4. The number of rotatable bonds is 5. The maximum Gasteiger partial charge on any atom is 0.257 e. The number of anilines is 2. The van der Waals surface area contributed by atoms with E-state index in [-0.39, 0.29) is 17.7 Å². The Balaban J connectivity index is 1.35. The van der Waals surface area contributed by atoms with E-state index in [1.165, 1.54) is 6.26 Å². The number of hydrogen-bond donors (Lipinski definition) is 3. The summed E-state index contributed by atoms with van der Waals surface area (Å²) in [6.07, 6.45) is 7.88. The van der Waals surface area contributed by atoms with Crippen LogP contribution in [0.5, 0.6) is 0 Å². The standard InChI is InChI=1S/C25H31N5O5/c1-14-3-5-16(6-4-14)21(29-22(31)17-13-35-30-15(17)2)23(32)28-20-11-19-18(12-26-20)25(24(33)27-19)7-9-34-10-8-25/h11-14,16,21H,3-10H2,1-2H3,(H,27,33)(H,29,31)(H,26,28,32). The fourth-order valence-corrected chi connectivity index (χ4v) is 5.54. The summed E-state index contributed by atoms with van der Waals surface area (Å²) in [6, 6.07) is 0.970. The molecule has 3 amide bonds. The number of hydrogen-bond acceptors (Lipinski definition) is 7. The molecule has 35 heavy (non-hydrogen) atoms. The van der Waals surface area contributed by atoms with Crippen LogP contribution in [0.4, 0.5) is 11.5 Å². The number of nitrogens with zero attached hydrogens (tertiary/aromatic N) is 2. The molecule has 1 spiro atoms. The third-order valence-electron chi connectivity index (χ3n) is 7.80. The summed E-state index contributed by atoms with van der Waals surface area (Å²) in [5.74, 6) is 0.178. The molecule has 186 valence electrons. The number of ether oxygens (including phenoxy) is 1. The molecule has 2 fully saturated rings. The number of aromatic nitrogens is 2. The van der Waals surface area contributed by atoms with Crippen molar-refractivity contribution in [3.8, 4) is 0 Å². The van der Waals surface area contributed by atoms with Gasteiger partial charge in [0.05, 0.1) is 16.8 Å². The van der Waals surface area contributed by atoms with E-state index < -0.39 is 17.4 Å². The van der Waals surface area contributed by atoms with Gasteiger partial charge >= 0.3 is 0 Å². The predicted molar refractivity (Wildman–Crippen MR) is 127 cm³/mol. The Hall–Kier alpha value is -3.27. The normalized spacial score (nSPS) is 23.9. The van der Waals surface area contributed by atoms with Gasteiger partial charge in [-0.25, -0.2) is 4.98 Å². The topological polar surface area (TPSA) is 135 Å². The van der Waals surface area contributed by atoms with Crippen LogP contribution < -0.4 is 16.0 Å². The maximum atomic E-state index is 13.4. The molecule has 1 atom stereocenters. The highest BCUT2D eigenvalue weighted by atomic mass is 16.5. The van der Waals surface area contributed by atoms with Crippen molar-refractivity contribution in [3.63, 3.8) is 0 Å². The Morgan fingerprint density at radius 3 is 2.63 bits per heavy atom. The van der Waals surface area contributed by atoms with Crippen molar-refractivity contribution in [2.75, 3.05) is 23.8 Å². The first kappa shape index (κ1) is 23.5. The van der Waals surface area contributed by atoms with Crippen molar-refractivity contribution in [3.05, 3.63) is 35.3 Å². The average Bonchev–Trinajstić information content (AvgIpc) is 3.39. The van der Waals surface area contributed by atoms with Gasteiger partial charge in [0.2, 0.25) is 11.8 Å². The number of aryl methyl sites for hydroxylation is 1. The van der Waals surface area contributed by atoms with Gasteiger partial charge in [0.25, 0.3) is 5.91 Å². The van der Waals surface area contributed by atoms with Gasteiger partial charge in [-0.1, -0.05) is 24.9 Å². The molecule has 5 rings (SSSR count). The second-order valence-corrected chi connectivity index (χ2v) is 10.0. The quantitative estimate of drug-likeness (QED) is 0.597. The number of carbonyl (C=O) groups excluding carboxylic acids is 3. The molecule has 3 N–H and O–H groups in total. The van der Waals surface area contributed by atoms with Crippen LogP contribution in [0, 0.1) is 18.8 Å². The van der Waals surface area contributed by atoms with Gasteiger partial charge < -0.3 is 25.2 Å². The van der Waals surface area contributed by atoms with Crippen LogP contribution in [0.25, 0.3) is 0 Å². The highest BCUT2D eigenvalue weighted by Crippen LogP contribution is 2.44. The largest absolute Gasteiger partial charge is 0.381 e. The number of pyridine rings is 1. The van der Waals surface area contributed by atoms with Gasteiger partial charge in [0.15, 0.2) is 0 Å². The Bertz CT molecular complexity index is 1130. The molecule has 2 aliphatic heterocycles. The zero-order valence-corrected chi connectivity index (χ0v) is 20.1. The van der Waals surface area contributed by atoms with Crippen LogP contribution in [0.2, 0.25) is 0 Å². The summed E-state index contributed by atoms with van der Waals surface area (Å²) in [5, 5.41) is 12.5. The van der Waals surface area contributed by atoms with Gasteiger partial charge in [-0.15, -0.1) is 0 Å². The van der Waals surface area contributed by atoms with Crippen molar-refractivity contribution in [2.45, 2.75) is 63.8 Å². The number of fused-ring (bicyclic) bond motifs is 2. The van der Waals surface area contributed by atoms with E-state index in [0.717, 1.165) is 31.2 Å². The average molecular weight is 482 g/mol. The van der Waals surface area contributed by atoms with Crippen molar-refractivity contribution >= 4 is 29.2 Å². The fraction of sp³-hybridized carbons (Fsp3) is 0.560. The fourth-order valence-electron chi connectivity index (χ4n) is 5.54. The lowest BCUT2D eigenvalue weighted by atomic mass is 9.76. The minimum absolute atomic E-state index is 0.00922. The monoisotopic (exact) mass is 481 g/mol. The molecule has 2 aromatic rings. The molecule has 2 aromatic heterocycles. The Labute approximate surface area is 203 Å². The molecule has 0 bridgehead atoms. The second-order valence-electron chi connectivity index (χ2n) is 10.0. The van der Waals surface area contributed by atoms with Gasteiger partial charge in [0, 0.05) is 31.0 Å². The van der Waals surface area contributed by atoms with E-state index in [2.05, 4.69) is 33.0 Å². The molecule has 1 aliphatic carbocycles. The van der Waals surface area contributed by atoms with Gasteiger partial charge in [-0.3, -0.25) is 14.4 Å². The summed E-state index contributed by atoms with van der Waals surface area (Å²) < 4.78 is 10.3. The van der Waals surface area contributed by atoms with Crippen LogP contribution in [-0.4, -0.2) is 47.1 Å². The summed E-state index contributed by atoms with van der Waals surface area (Å²) >= 11 is 0. The highest BCUT2D eigenvalue weighted by Gasteiger charge is 2.48.